The minimum absolute atomic E-state index is 0.0383. The van der Waals surface area contributed by atoms with Crippen molar-refractivity contribution in [3.63, 3.8) is 0 Å². The topological polar surface area (TPSA) is 56.3 Å². The van der Waals surface area contributed by atoms with Gasteiger partial charge in [0.2, 0.25) is 5.95 Å². The summed E-state index contributed by atoms with van der Waals surface area (Å²) in [5, 5.41) is 8.28. The van der Waals surface area contributed by atoms with Gasteiger partial charge < -0.3 is 20.4 Å². The van der Waals surface area contributed by atoms with E-state index in [-0.39, 0.29) is 5.41 Å². The van der Waals surface area contributed by atoms with E-state index in [1.54, 1.807) is 0 Å². The highest BCUT2D eigenvalue weighted by atomic mass is 35.5. The van der Waals surface area contributed by atoms with Crippen LogP contribution in [-0.2, 0) is 5.41 Å². The van der Waals surface area contributed by atoms with Crippen LogP contribution in [0, 0.1) is 11.8 Å². The van der Waals surface area contributed by atoms with Gasteiger partial charge in [0.1, 0.15) is 11.6 Å². The second-order valence-corrected chi connectivity index (χ2v) is 12.8. The first kappa shape index (κ1) is 27.4. The fraction of sp³-hybridized carbons (Fsp3) is 0.633. The van der Waals surface area contributed by atoms with Crippen molar-refractivity contribution in [3.05, 3.63) is 40.9 Å². The molecule has 0 radical (unpaired) electrons. The van der Waals surface area contributed by atoms with E-state index in [9.17, 15) is 0 Å². The van der Waals surface area contributed by atoms with Gasteiger partial charge >= 0.3 is 0 Å². The maximum atomic E-state index is 6.39. The van der Waals surface area contributed by atoms with Gasteiger partial charge in [0.15, 0.2) is 5.11 Å². The number of benzene rings is 1. The molecule has 2 aliphatic heterocycles. The van der Waals surface area contributed by atoms with Crippen LogP contribution in [0.25, 0.3) is 0 Å². The molecule has 2 saturated heterocycles. The lowest BCUT2D eigenvalue weighted by Gasteiger charge is -2.38. The molecule has 1 aliphatic carbocycles. The van der Waals surface area contributed by atoms with E-state index in [1.165, 1.54) is 50.5 Å². The van der Waals surface area contributed by atoms with Crippen LogP contribution in [0.5, 0.6) is 0 Å². The lowest BCUT2D eigenvalue weighted by Crippen LogP contribution is -2.44. The van der Waals surface area contributed by atoms with Crippen molar-refractivity contribution in [3.8, 4) is 0 Å². The zero-order chi connectivity index (χ0) is 26.5. The monoisotopic (exact) mass is 554 g/mol. The molecule has 38 heavy (non-hydrogen) atoms. The van der Waals surface area contributed by atoms with Gasteiger partial charge in [-0.05, 0) is 80.3 Å². The number of thiocarbonyl (C=S) groups is 1. The number of anilines is 3. The highest BCUT2D eigenvalue weighted by molar-refractivity contribution is 7.80. The third-order valence-corrected chi connectivity index (χ3v) is 9.20. The highest BCUT2D eigenvalue weighted by Gasteiger charge is 2.34. The molecular weight excluding hydrogens is 512 g/mol. The summed E-state index contributed by atoms with van der Waals surface area (Å²) in [6, 6.07) is 10.5. The molecule has 8 heteroatoms. The molecule has 5 rings (SSSR count). The number of halogens is 1. The molecule has 0 amide bonds. The van der Waals surface area contributed by atoms with Crippen molar-refractivity contribution < 1.29 is 0 Å². The Labute approximate surface area is 238 Å². The predicted molar refractivity (Wildman–Crippen MR) is 164 cm³/mol. The van der Waals surface area contributed by atoms with Crippen molar-refractivity contribution in [1.82, 2.24) is 15.3 Å². The zero-order valence-corrected chi connectivity index (χ0v) is 24.6. The van der Waals surface area contributed by atoms with Crippen LogP contribution < -0.4 is 20.4 Å². The molecule has 206 valence electrons. The summed E-state index contributed by atoms with van der Waals surface area (Å²) in [6.45, 7) is 9.61. The van der Waals surface area contributed by atoms with E-state index < -0.39 is 0 Å². The van der Waals surface area contributed by atoms with E-state index in [0.29, 0.717) is 22.9 Å². The third kappa shape index (κ3) is 6.71. The quantitative estimate of drug-likeness (QED) is 0.381. The molecule has 3 aliphatic rings. The Balaban J connectivity index is 1.33. The Bertz CT molecular complexity index is 1060. The summed E-state index contributed by atoms with van der Waals surface area (Å²) in [5.41, 5.74) is 1.34. The average molecular weight is 555 g/mol. The van der Waals surface area contributed by atoms with Gasteiger partial charge in [-0.25, -0.2) is 0 Å². The summed E-state index contributed by atoms with van der Waals surface area (Å²) >= 11 is 12.2. The number of rotatable bonds is 6. The van der Waals surface area contributed by atoms with E-state index in [1.807, 2.05) is 6.07 Å². The maximum absolute atomic E-state index is 6.39. The van der Waals surface area contributed by atoms with Crippen LogP contribution in [0.3, 0.4) is 0 Å². The second-order valence-electron chi connectivity index (χ2n) is 12.0. The highest BCUT2D eigenvalue weighted by Crippen LogP contribution is 2.40. The Kier molecular flexibility index (Phi) is 8.94. The zero-order valence-electron chi connectivity index (χ0n) is 23.0. The fourth-order valence-corrected chi connectivity index (χ4v) is 6.96. The Morgan fingerprint density at radius 2 is 1.58 bits per heavy atom. The van der Waals surface area contributed by atoms with Gasteiger partial charge in [-0.2, -0.15) is 9.97 Å². The van der Waals surface area contributed by atoms with Crippen LogP contribution in [0.1, 0.15) is 77.2 Å². The van der Waals surface area contributed by atoms with Gasteiger partial charge in [0.25, 0.3) is 0 Å². The first-order valence-corrected chi connectivity index (χ1v) is 15.4. The molecule has 2 N–H and O–H groups in total. The van der Waals surface area contributed by atoms with Crippen LogP contribution in [0.2, 0.25) is 5.02 Å². The van der Waals surface area contributed by atoms with Crippen molar-refractivity contribution in [2.24, 2.45) is 11.8 Å². The maximum Gasteiger partial charge on any atom is 0.232 e. The predicted octanol–water partition coefficient (Wildman–Crippen LogP) is 6.79. The number of piperidine rings is 2. The average Bonchev–Trinajstić information content (AvgIpc) is 2.92. The summed E-state index contributed by atoms with van der Waals surface area (Å²) in [5.74, 6) is 3.96. The van der Waals surface area contributed by atoms with Crippen molar-refractivity contribution in [2.75, 3.05) is 47.8 Å². The Morgan fingerprint density at radius 1 is 0.947 bits per heavy atom. The minimum Gasteiger partial charge on any atom is -0.361 e. The SMILES string of the molecule is CC1CCCN(c2cc(N3CCCC(C)C3)nc(NC(=S)NCC3(c4cccc(Cl)c4)CCCCC3)n2)C1. The number of hydrogen-bond donors (Lipinski definition) is 2. The van der Waals surface area contributed by atoms with E-state index in [4.69, 9.17) is 33.8 Å². The first-order valence-electron chi connectivity index (χ1n) is 14.6. The molecule has 0 bridgehead atoms. The number of aromatic nitrogens is 2. The fourth-order valence-electron chi connectivity index (χ4n) is 6.61. The standard InChI is InChI=1S/C30H43ClN6S/c1-22-9-7-15-36(19-22)26-18-27(37-16-8-10-23(2)20-37)34-28(33-26)35-29(38)32-21-30(13-4-3-5-14-30)24-11-6-12-25(31)17-24/h6,11-12,17-18,22-23H,3-5,7-10,13-16,19-21H2,1-2H3,(H2,32,33,34,35,38). The number of nitrogens with one attached hydrogen (secondary N) is 2. The van der Waals surface area contributed by atoms with E-state index in [2.05, 4.69) is 58.5 Å². The van der Waals surface area contributed by atoms with Gasteiger partial charge in [-0.15, -0.1) is 0 Å². The molecule has 0 spiro atoms. The summed E-state index contributed by atoms with van der Waals surface area (Å²) in [4.78, 5) is 14.8. The second kappa shape index (κ2) is 12.4. The normalized spacial score (nSPS) is 23.7. The first-order chi connectivity index (χ1) is 18.4. The molecule has 2 aromatic rings. The van der Waals surface area contributed by atoms with Gasteiger partial charge in [-0.1, -0.05) is 56.8 Å². The molecule has 6 nitrogen and oxygen atoms in total. The van der Waals surface area contributed by atoms with Crippen LogP contribution in [0.15, 0.2) is 30.3 Å². The summed E-state index contributed by atoms with van der Waals surface area (Å²) in [7, 11) is 0. The smallest absolute Gasteiger partial charge is 0.232 e. The van der Waals surface area contributed by atoms with Crippen LogP contribution in [0.4, 0.5) is 17.6 Å². The lowest BCUT2D eigenvalue weighted by molar-refractivity contribution is 0.292. The van der Waals surface area contributed by atoms with Crippen molar-refractivity contribution in [2.45, 2.75) is 77.0 Å². The van der Waals surface area contributed by atoms with Gasteiger partial charge in [-0.3, -0.25) is 0 Å². The minimum atomic E-state index is 0.0383. The van der Waals surface area contributed by atoms with Crippen molar-refractivity contribution in [1.29, 1.82) is 0 Å². The Morgan fingerprint density at radius 3 is 2.16 bits per heavy atom. The molecule has 1 saturated carbocycles. The number of hydrogen-bond acceptors (Lipinski definition) is 5. The molecule has 1 aromatic carbocycles. The molecular formula is C30H43ClN6S. The summed E-state index contributed by atoms with van der Waals surface area (Å²) < 4.78 is 0. The molecule has 2 unspecified atom stereocenters. The number of nitrogens with zero attached hydrogens (tertiary/aromatic N) is 4. The van der Waals surface area contributed by atoms with Crippen LogP contribution >= 0.6 is 23.8 Å². The summed E-state index contributed by atoms with van der Waals surface area (Å²) in [6.07, 6.45) is 11.0. The largest absolute Gasteiger partial charge is 0.361 e. The lowest BCUT2D eigenvalue weighted by atomic mass is 9.69. The molecule has 2 atom stereocenters. The Hall–Kier alpha value is -2.12. The van der Waals surface area contributed by atoms with Crippen LogP contribution in [-0.4, -0.2) is 47.8 Å². The third-order valence-electron chi connectivity index (χ3n) is 8.72. The van der Waals surface area contributed by atoms with Crippen molar-refractivity contribution >= 4 is 46.5 Å². The van der Waals surface area contributed by atoms with Gasteiger partial charge in [0.05, 0.1) is 0 Å². The molecule has 3 heterocycles. The van der Waals surface area contributed by atoms with E-state index in [0.717, 1.165) is 62.2 Å². The molecule has 3 fully saturated rings. The van der Waals surface area contributed by atoms with E-state index >= 15 is 0 Å². The van der Waals surface area contributed by atoms with Gasteiger partial charge in [0, 0.05) is 49.2 Å². The molecule has 1 aromatic heterocycles.